The number of hydrogen-bond donors (Lipinski definition) is 5. The monoisotopic (exact) mass is 1050 g/mol. The number of rotatable bonds is 16. The molecule has 0 aliphatic carbocycles. The maximum Gasteiger partial charge on any atom is 0.418 e. The van der Waals surface area contributed by atoms with Crippen molar-refractivity contribution >= 4 is 68.4 Å². The highest BCUT2D eigenvalue weighted by molar-refractivity contribution is 7.80. The molecule has 1 aromatic heterocycles. The Morgan fingerprint density at radius 1 is 0.904 bits per heavy atom. The van der Waals surface area contributed by atoms with Gasteiger partial charge in [-0.2, -0.15) is 13.5 Å². The predicted octanol–water partition coefficient (Wildman–Crippen LogP) is 6.83. The van der Waals surface area contributed by atoms with Crippen LogP contribution in [-0.4, -0.2) is 118 Å². The van der Waals surface area contributed by atoms with Crippen molar-refractivity contribution in [3.05, 3.63) is 112 Å². The van der Waals surface area contributed by atoms with E-state index in [-0.39, 0.29) is 34.1 Å². The van der Waals surface area contributed by atoms with E-state index in [2.05, 4.69) is 25.1 Å². The Bertz CT molecular complexity index is 2700. The zero-order chi connectivity index (χ0) is 53.9. The minimum atomic E-state index is -5.10. The largest absolute Gasteiger partial charge is 0.489 e. The first-order chi connectivity index (χ1) is 34.1. The number of nitrogens with one attached hydrogen (secondary N) is 3. The summed E-state index contributed by atoms with van der Waals surface area (Å²) < 4.78 is 58.9. The summed E-state index contributed by atoms with van der Waals surface area (Å²) in [6, 6.07) is 22.5. The van der Waals surface area contributed by atoms with Gasteiger partial charge in [-0.15, -0.1) is 15.6 Å². The fourth-order valence-corrected chi connectivity index (χ4v) is 8.27. The van der Waals surface area contributed by atoms with Gasteiger partial charge < -0.3 is 39.7 Å². The Labute approximate surface area is 427 Å². The third kappa shape index (κ3) is 16.7. The number of oxime groups is 1. The van der Waals surface area contributed by atoms with Gasteiger partial charge >= 0.3 is 28.6 Å². The molecular weight excluding hydrogens is 989 g/mol. The maximum absolute atomic E-state index is 14.2. The van der Waals surface area contributed by atoms with Crippen molar-refractivity contribution in [3.8, 4) is 5.75 Å². The lowest BCUT2D eigenvalue weighted by molar-refractivity contribution is -0.218. The molecule has 6 N–H and O–H groups in total. The summed E-state index contributed by atoms with van der Waals surface area (Å²) in [5.74, 6) is -3.00. The number of β-lactam (4-membered cyclic amide) rings is 1. The summed E-state index contributed by atoms with van der Waals surface area (Å²) >= 11 is 0.946. The maximum atomic E-state index is 14.2. The highest BCUT2D eigenvalue weighted by Crippen LogP contribution is 2.34. The molecule has 4 amide bonds. The number of aromatic nitrogens is 1. The van der Waals surface area contributed by atoms with Crippen LogP contribution in [0.3, 0.4) is 0 Å². The number of nitrogens with zero attached hydrogens (tertiary/aromatic N) is 4. The van der Waals surface area contributed by atoms with Gasteiger partial charge in [0.05, 0.1) is 5.54 Å². The highest BCUT2D eigenvalue weighted by atomic mass is 32.3. The first-order valence-electron chi connectivity index (χ1n) is 23.0. The van der Waals surface area contributed by atoms with Gasteiger partial charge in [0.15, 0.2) is 16.9 Å². The van der Waals surface area contributed by atoms with Crippen LogP contribution in [-0.2, 0) is 48.1 Å². The molecule has 2 aliphatic rings. The Morgan fingerprint density at radius 3 is 1.97 bits per heavy atom. The zero-order valence-corrected chi connectivity index (χ0v) is 43.6. The van der Waals surface area contributed by atoms with Gasteiger partial charge in [-0.05, 0) is 117 Å². The van der Waals surface area contributed by atoms with Crippen LogP contribution >= 0.6 is 11.3 Å². The summed E-state index contributed by atoms with van der Waals surface area (Å²) in [7, 11) is -5.10. The van der Waals surface area contributed by atoms with E-state index in [9.17, 15) is 36.9 Å². The first-order valence-corrected chi connectivity index (χ1v) is 25.2. The molecular formula is C49H62N8O14S2. The third-order valence-electron chi connectivity index (χ3n) is 10.5. The second kappa shape index (κ2) is 24.0. The predicted molar refractivity (Wildman–Crippen MR) is 269 cm³/mol. The second-order valence-electron chi connectivity index (χ2n) is 19.2. The van der Waals surface area contributed by atoms with E-state index in [1.807, 2.05) is 20.8 Å². The van der Waals surface area contributed by atoms with Crippen molar-refractivity contribution in [2.45, 2.75) is 117 Å². The van der Waals surface area contributed by atoms with Gasteiger partial charge in [-0.1, -0.05) is 65.8 Å². The Morgan fingerprint density at radius 2 is 1.47 bits per heavy atom. The van der Waals surface area contributed by atoms with Crippen molar-refractivity contribution in [1.82, 2.24) is 20.3 Å². The number of hydrogen-bond acceptors (Lipinski definition) is 17. The van der Waals surface area contributed by atoms with Crippen LogP contribution in [0, 0.1) is 12.3 Å². The Hall–Kier alpha value is -7.15. The van der Waals surface area contributed by atoms with E-state index in [4.69, 9.17) is 34.9 Å². The van der Waals surface area contributed by atoms with Crippen LogP contribution in [0.4, 0.5) is 14.7 Å². The Kier molecular flexibility index (Phi) is 18.7. The molecule has 4 aromatic rings. The number of nitrogen functional groups attached to an aromatic ring is 1. The lowest BCUT2D eigenvalue weighted by Crippen LogP contribution is -2.76. The van der Waals surface area contributed by atoms with Crippen LogP contribution in [0.15, 0.2) is 90.1 Å². The summed E-state index contributed by atoms with van der Waals surface area (Å²) in [5.41, 5.74) is 3.81. The molecule has 3 aromatic carbocycles. The number of amidine groups is 1. The van der Waals surface area contributed by atoms with Gasteiger partial charge in [0, 0.05) is 23.5 Å². The summed E-state index contributed by atoms with van der Waals surface area (Å²) in [6.45, 7) is 16.1. The molecule has 2 atom stereocenters. The average molecular weight is 1050 g/mol. The van der Waals surface area contributed by atoms with Gasteiger partial charge in [0.1, 0.15) is 41.1 Å². The molecule has 0 unspecified atom stereocenters. The second-order valence-corrected chi connectivity index (χ2v) is 21.4. The quantitative estimate of drug-likeness (QED) is 0.0146. The molecule has 0 bridgehead atoms. The average Bonchev–Trinajstić information content (AvgIpc) is 3.67. The number of esters is 1. The minimum Gasteiger partial charge on any atom is -0.489 e. The number of ether oxygens (including phenoxy) is 4. The minimum absolute atomic E-state index is 0.00751. The lowest BCUT2D eigenvalue weighted by atomic mass is 9.84. The van der Waals surface area contributed by atoms with E-state index in [1.54, 1.807) is 93.3 Å². The summed E-state index contributed by atoms with van der Waals surface area (Å²) in [4.78, 5) is 77.7. The molecule has 2 saturated heterocycles. The third-order valence-corrected chi connectivity index (χ3v) is 11.7. The highest BCUT2D eigenvalue weighted by Gasteiger charge is 2.58. The van der Waals surface area contributed by atoms with Gasteiger partial charge in [-0.25, -0.2) is 19.4 Å². The van der Waals surface area contributed by atoms with E-state index in [0.29, 0.717) is 26.6 Å². The number of amides is 4. The number of likely N-dealkylation sites (tertiary alicyclic amines) is 1. The topological polar surface area (TPSA) is 301 Å². The molecule has 2 fully saturated rings. The van der Waals surface area contributed by atoms with Crippen LogP contribution in [0.2, 0.25) is 0 Å². The molecule has 0 radical (unpaired) electrons. The van der Waals surface area contributed by atoms with Crippen LogP contribution in [0.25, 0.3) is 0 Å². The van der Waals surface area contributed by atoms with E-state index in [1.165, 1.54) is 44.5 Å². The Balaban J connectivity index is 0.000000660. The number of carbonyl (C=O) groups excluding carboxylic acids is 5. The number of carbonyl (C=O) groups is 5. The number of nitrogens with two attached hydrogens (primary N) is 1. The molecule has 24 heteroatoms. The van der Waals surface area contributed by atoms with Crippen molar-refractivity contribution in [2.75, 3.05) is 25.0 Å². The van der Waals surface area contributed by atoms with E-state index < -0.39 is 76.0 Å². The van der Waals surface area contributed by atoms with E-state index in [0.717, 1.165) is 37.3 Å². The normalized spacial score (nSPS) is 16.2. The lowest BCUT2D eigenvalue weighted by Gasteiger charge is -2.50. The molecule has 73 heavy (non-hydrogen) atoms. The van der Waals surface area contributed by atoms with Crippen LogP contribution < -0.4 is 21.1 Å². The van der Waals surface area contributed by atoms with E-state index >= 15 is 0 Å². The van der Waals surface area contributed by atoms with Crippen LogP contribution in [0.5, 0.6) is 5.75 Å². The molecule has 6 rings (SSSR count). The fourth-order valence-electron chi connectivity index (χ4n) is 7.01. The number of benzene rings is 3. The van der Waals surface area contributed by atoms with Crippen molar-refractivity contribution in [1.29, 1.82) is 5.41 Å². The van der Waals surface area contributed by atoms with Crippen molar-refractivity contribution in [2.24, 2.45) is 10.9 Å². The summed E-state index contributed by atoms with van der Waals surface area (Å²) in [5, 5.41) is 17.1. The van der Waals surface area contributed by atoms with Gasteiger partial charge in [0.25, 0.3) is 17.9 Å². The van der Waals surface area contributed by atoms with Crippen LogP contribution in [0.1, 0.15) is 108 Å². The van der Waals surface area contributed by atoms with Crippen molar-refractivity contribution < 1.29 is 65.0 Å². The SMILES string of the molecule is CC(C)(C)OC(=O)N1CCCCC1.Cc1sc(NC(=O)OC(C)(C)C)nc1/C(=N/O[C@@H](COc1ccc(C(=N)N)cc1)C(=O)OC(c1ccccc1)c1ccccc1)C(=O)N[C@@H]1C(=O)N(OS(=O)(=O)O)C1(C)C. The number of thiazole rings is 1. The van der Waals surface area contributed by atoms with Crippen molar-refractivity contribution in [3.63, 3.8) is 0 Å². The molecule has 0 saturated carbocycles. The number of aryl methyl sites for hydroxylation is 1. The number of piperidine rings is 1. The smallest absolute Gasteiger partial charge is 0.418 e. The fraction of sp³-hybridized carbons (Fsp3) is 0.429. The van der Waals surface area contributed by atoms with Gasteiger partial charge in [-0.3, -0.25) is 24.9 Å². The number of hydroxylamine groups is 2. The molecule has 3 heterocycles. The molecule has 2 aliphatic heterocycles. The first kappa shape index (κ1) is 56.8. The van der Waals surface area contributed by atoms with Gasteiger partial charge in [0.2, 0.25) is 0 Å². The molecule has 394 valence electrons. The molecule has 0 spiro atoms. The number of anilines is 1. The zero-order valence-electron chi connectivity index (χ0n) is 42.0. The standard InChI is InChI=1S/C39H43N7O12S2.C10H19NO2/c1-22-28(42-36(59-22)44-37(50)56-38(2,3)4)29(33(47)43-31-34(48)46(39(31,5)6)58-60(51,52)53)45-57-27(21-54-26-19-17-25(18-20-26)32(40)41)35(49)55-30(23-13-9-7-10-14-23)24-15-11-8-12-16-24;1-10(2,3)13-9(12)11-7-5-4-6-8-11/h7-20,27,30-31H,21H2,1-6H3,(H3,40,41)(H,43,47)(H,42,44,50)(H,51,52,53);4-8H2,1-3H3/b45-29-;/t27-,31+;/m0./s1. The molecule has 22 nitrogen and oxygen atoms in total. The summed E-state index contributed by atoms with van der Waals surface area (Å²) in [6.07, 6.45) is -0.140.